The van der Waals surface area contributed by atoms with E-state index >= 15 is 0 Å². The third kappa shape index (κ3) is 4.15. The minimum Gasteiger partial charge on any atom is -0.489 e. The summed E-state index contributed by atoms with van der Waals surface area (Å²) in [4.78, 5) is 12.3. The lowest BCUT2D eigenvalue weighted by atomic mass is 10.1. The van der Waals surface area contributed by atoms with Crippen LogP contribution in [0.4, 0.5) is 0 Å². The monoisotopic (exact) mass is 354 g/mol. The van der Waals surface area contributed by atoms with E-state index < -0.39 is 0 Å². The Balaban J connectivity index is 1.39. The van der Waals surface area contributed by atoms with Crippen molar-refractivity contribution in [3.63, 3.8) is 0 Å². The quantitative estimate of drug-likeness (QED) is 0.319. The van der Waals surface area contributed by atoms with Crippen LogP contribution in [0.15, 0.2) is 95.4 Å². The number of ether oxygens (including phenoxy) is 1. The van der Waals surface area contributed by atoms with E-state index in [1.54, 1.807) is 12.1 Å². The molecule has 4 rings (SSSR count). The lowest BCUT2D eigenvalue weighted by molar-refractivity contribution is 0.102. The molecule has 0 saturated heterocycles. The number of ketones is 1. The van der Waals surface area contributed by atoms with Crippen molar-refractivity contribution in [2.75, 3.05) is 0 Å². The van der Waals surface area contributed by atoms with Crippen molar-refractivity contribution >= 4 is 22.8 Å². The molecule has 0 atom stereocenters. The molecule has 0 fully saturated rings. The third-order valence-corrected chi connectivity index (χ3v) is 4.22. The Kier molecular flexibility index (Phi) is 4.84. The van der Waals surface area contributed by atoms with Gasteiger partial charge in [0.2, 0.25) is 5.78 Å². The Bertz CT molecular complexity index is 1040. The number of furan rings is 1. The zero-order chi connectivity index (χ0) is 18.5. The van der Waals surface area contributed by atoms with E-state index in [0.717, 1.165) is 22.3 Å². The molecule has 0 bridgehead atoms. The van der Waals surface area contributed by atoms with Crippen LogP contribution in [0, 0.1) is 0 Å². The second kappa shape index (κ2) is 7.75. The Hall–Kier alpha value is -3.59. The predicted molar refractivity (Wildman–Crippen MR) is 107 cm³/mol. The van der Waals surface area contributed by atoms with Gasteiger partial charge in [0.1, 0.15) is 17.9 Å². The van der Waals surface area contributed by atoms with Crippen molar-refractivity contribution in [3.05, 3.63) is 108 Å². The molecule has 1 heterocycles. The zero-order valence-electron chi connectivity index (χ0n) is 14.7. The van der Waals surface area contributed by atoms with E-state index in [4.69, 9.17) is 9.15 Å². The number of para-hydroxylation sites is 1. The van der Waals surface area contributed by atoms with Crippen LogP contribution in [0.5, 0.6) is 5.75 Å². The van der Waals surface area contributed by atoms with E-state index in [0.29, 0.717) is 18.0 Å². The number of carbonyl (C=O) groups excluding carboxylic acids is 1. The maximum Gasteiger partial charge on any atom is 0.221 e. The summed E-state index contributed by atoms with van der Waals surface area (Å²) in [5, 5.41) is 0.925. The van der Waals surface area contributed by atoms with Gasteiger partial charge in [0.05, 0.1) is 0 Å². The van der Waals surface area contributed by atoms with Crippen molar-refractivity contribution in [1.82, 2.24) is 0 Å². The third-order valence-electron chi connectivity index (χ3n) is 4.22. The van der Waals surface area contributed by atoms with Crippen molar-refractivity contribution in [3.8, 4) is 5.75 Å². The lowest BCUT2D eigenvalue weighted by Crippen LogP contribution is -1.94. The fraction of sp³-hybridized carbons (Fsp3) is 0.0417. The van der Waals surface area contributed by atoms with Crippen LogP contribution in [0.2, 0.25) is 0 Å². The average Bonchev–Trinajstić information content (AvgIpc) is 3.16. The van der Waals surface area contributed by atoms with Gasteiger partial charge in [-0.15, -0.1) is 0 Å². The van der Waals surface area contributed by atoms with E-state index in [9.17, 15) is 4.79 Å². The zero-order valence-corrected chi connectivity index (χ0v) is 14.7. The fourth-order valence-electron chi connectivity index (χ4n) is 2.77. The summed E-state index contributed by atoms with van der Waals surface area (Å²) in [7, 11) is 0. The predicted octanol–water partition coefficient (Wildman–Crippen LogP) is 5.91. The number of hydrogen-bond acceptors (Lipinski definition) is 3. The van der Waals surface area contributed by atoms with Gasteiger partial charge in [0, 0.05) is 5.39 Å². The molecule has 0 aliphatic carbocycles. The van der Waals surface area contributed by atoms with Gasteiger partial charge in [-0.1, -0.05) is 66.7 Å². The molecule has 0 aliphatic rings. The van der Waals surface area contributed by atoms with Crippen LogP contribution in [-0.2, 0) is 6.61 Å². The molecule has 0 aliphatic heterocycles. The average molecular weight is 354 g/mol. The van der Waals surface area contributed by atoms with Gasteiger partial charge in [0.25, 0.3) is 0 Å². The maximum absolute atomic E-state index is 12.3. The number of rotatable bonds is 6. The summed E-state index contributed by atoms with van der Waals surface area (Å²) < 4.78 is 11.4. The first-order valence-electron chi connectivity index (χ1n) is 8.76. The molecule has 1 aromatic heterocycles. The number of allylic oxidation sites excluding steroid dienone is 1. The molecule has 4 aromatic rings. The van der Waals surface area contributed by atoms with E-state index in [-0.39, 0.29) is 5.78 Å². The second-order valence-electron chi connectivity index (χ2n) is 6.19. The smallest absolute Gasteiger partial charge is 0.221 e. The molecule has 0 N–H and O–H groups in total. The minimum atomic E-state index is -0.157. The normalized spacial score (nSPS) is 11.1. The van der Waals surface area contributed by atoms with Crippen LogP contribution >= 0.6 is 0 Å². The standard InChI is InChI=1S/C24H18O3/c25-22(24-16-20-8-4-5-9-23(20)27-24)15-12-18-10-13-21(14-11-18)26-17-19-6-2-1-3-7-19/h1-16H,17H2/b15-12+. The van der Waals surface area contributed by atoms with E-state index in [2.05, 4.69) is 0 Å². The number of hydrogen-bond donors (Lipinski definition) is 0. The molecule has 3 aromatic carbocycles. The molecule has 3 nitrogen and oxygen atoms in total. The van der Waals surface area contributed by atoms with E-state index in [1.165, 1.54) is 6.08 Å². The first-order valence-corrected chi connectivity index (χ1v) is 8.76. The molecule has 3 heteroatoms. The van der Waals surface area contributed by atoms with Crippen molar-refractivity contribution in [1.29, 1.82) is 0 Å². The summed E-state index contributed by atoms with van der Waals surface area (Å²) in [6.07, 6.45) is 3.30. The summed E-state index contributed by atoms with van der Waals surface area (Å²) in [6, 6.07) is 27.0. The summed E-state index contributed by atoms with van der Waals surface area (Å²) in [5.41, 5.74) is 2.76. The Labute approximate surface area is 157 Å². The first kappa shape index (κ1) is 16.9. The van der Waals surface area contributed by atoms with Gasteiger partial charge < -0.3 is 9.15 Å². The van der Waals surface area contributed by atoms with Crippen LogP contribution in [0.25, 0.3) is 17.0 Å². The molecule has 132 valence electrons. The largest absolute Gasteiger partial charge is 0.489 e. The van der Waals surface area contributed by atoms with E-state index in [1.807, 2.05) is 78.9 Å². The minimum absolute atomic E-state index is 0.157. The van der Waals surface area contributed by atoms with Gasteiger partial charge in [-0.3, -0.25) is 4.79 Å². The number of benzene rings is 3. The topological polar surface area (TPSA) is 39.4 Å². The number of carbonyl (C=O) groups is 1. The molecule has 0 spiro atoms. The SMILES string of the molecule is O=C(/C=C/c1ccc(OCc2ccccc2)cc1)c1cc2ccccc2o1. The summed E-state index contributed by atoms with van der Waals surface area (Å²) >= 11 is 0. The highest BCUT2D eigenvalue weighted by molar-refractivity contribution is 6.06. The highest BCUT2D eigenvalue weighted by atomic mass is 16.5. The highest BCUT2D eigenvalue weighted by Gasteiger charge is 2.08. The number of fused-ring (bicyclic) bond motifs is 1. The van der Waals surface area contributed by atoms with Crippen molar-refractivity contribution < 1.29 is 13.9 Å². The Morgan fingerprint density at radius 3 is 2.41 bits per heavy atom. The fourth-order valence-corrected chi connectivity index (χ4v) is 2.77. The van der Waals surface area contributed by atoms with Crippen molar-refractivity contribution in [2.45, 2.75) is 6.61 Å². The van der Waals surface area contributed by atoms with Crippen LogP contribution in [0.1, 0.15) is 21.7 Å². The molecule has 0 amide bonds. The molecular weight excluding hydrogens is 336 g/mol. The van der Waals surface area contributed by atoms with Crippen LogP contribution < -0.4 is 4.74 Å². The molecule has 27 heavy (non-hydrogen) atoms. The van der Waals surface area contributed by atoms with Gasteiger partial charge in [-0.25, -0.2) is 0 Å². The first-order chi connectivity index (χ1) is 13.3. The van der Waals surface area contributed by atoms with Gasteiger partial charge in [-0.05, 0) is 41.5 Å². The van der Waals surface area contributed by atoms with Gasteiger partial charge in [0.15, 0.2) is 5.76 Å². The van der Waals surface area contributed by atoms with Gasteiger partial charge in [-0.2, -0.15) is 0 Å². The summed E-state index contributed by atoms with van der Waals surface area (Å²) in [6.45, 7) is 0.528. The van der Waals surface area contributed by atoms with Gasteiger partial charge >= 0.3 is 0 Å². The van der Waals surface area contributed by atoms with Crippen molar-refractivity contribution in [2.24, 2.45) is 0 Å². The second-order valence-corrected chi connectivity index (χ2v) is 6.19. The maximum atomic E-state index is 12.3. The Morgan fingerprint density at radius 2 is 1.63 bits per heavy atom. The highest BCUT2D eigenvalue weighted by Crippen LogP contribution is 2.20. The lowest BCUT2D eigenvalue weighted by Gasteiger charge is -2.06. The summed E-state index contributed by atoms with van der Waals surface area (Å²) in [5.74, 6) is 0.977. The molecular formula is C24H18O3. The molecule has 0 radical (unpaired) electrons. The molecule has 0 saturated carbocycles. The Morgan fingerprint density at radius 1 is 0.889 bits per heavy atom. The van der Waals surface area contributed by atoms with Crippen LogP contribution in [-0.4, -0.2) is 5.78 Å². The molecule has 0 unspecified atom stereocenters. The van der Waals surface area contributed by atoms with Crippen LogP contribution in [0.3, 0.4) is 0 Å².